The minimum Gasteiger partial charge on any atom is -0.0683 e. The molecular formula is C72H104. The second-order valence-corrected chi connectivity index (χ2v) is 14.8. The molecule has 8 aromatic carbocycles. The van der Waals surface area contributed by atoms with Gasteiger partial charge in [-0.25, -0.2) is 0 Å². The van der Waals surface area contributed by atoms with Crippen LogP contribution < -0.4 is 0 Å². The van der Waals surface area contributed by atoms with Gasteiger partial charge in [-0.1, -0.05) is 322 Å². The van der Waals surface area contributed by atoms with Crippen molar-refractivity contribution in [3.8, 4) is 44.5 Å². The third-order valence-electron chi connectivity index (χ3n) is 10.0. The molecule has 0 amide bonds. The lowest BCUT2D eigenvalue weighted by Gasteiger charge is -2.06. The van der Waals surface area contributed by atoms with E-state index in [1.165, 1.54) is 89.0 Å². The third-order valence-corrected chi connectivity index (χ3v) is 10.0. The van der Waals surface area contributed by atoms with Crippen molar-refractivity contribution in [2.45, 2.75) is 166 Å². The first kappa shape index (κ1) is 72.3. The van der Waals surface area contributed by atoms with Gasteiger partial charge in [0.25, 0.3) is 0 Å². The van der Waals surface area contributed by atoms with Crippen LogP contribution in [0.1, 0.15) is 155 Å². The molecule has 72 heavy (non-hydrogen) atoms. The smallest absolute Gasteiger partial charge is 0.0155 e. The Bertz CT molecular complexity index is 2300. The maximum absolute atomic E-state index is 2.24. The Morgan fingerprint density at radius 2 is 0.458 bits per heavy atom. The van der Waals surface area contributed by atoms with Crippen molar-refractivity contribution in [1.29, 1.82) is 0 Å². The summed E-state index contributed by atoms with van der Waals surface area (Å²) in [6, 6.07) is 68.4. The molecule has 0 aromatic heterocycles. The molecule has 0 heteroatoms. The molecule has 0 N–H and O–H groups in total. The first-order valence-electron chi connectivity index (χ1n) is 27.6. The number of rotatable bonds is 4. The second-order valence-electron chi connectivity index (χ2n) is 14.8. The highest BCUT2D eigenvalue weighted by Gasteiger charge is 2.02. The third kappa shape index (κ3) is 29.2. The molecule has 0 spiro atoms. The Hall–Kier alpha value is -6.24. The van der Waals surface area contributed by atoms with Gasteiger partial charge in [-0.05, 0) is 128 Å². The van der Waals surface area contributed by atoms with Gasteiger partial charge in [0.05, 0.1) is 0 Å². The quantitative estimate of drug-likeness (QED) is 0.165. The number of hydrogen-bond acceptors (Lipinski definition) is 0. The fraction of sp³-hybridized carbons (Fsp3) is 0.333. The van der Waals surface area contributed by atoms with E-state index in [4.69, 9.17) is 0 Å². The van der Waals surface area contributed by atoms with E-state index in [0.717, 1.165) is 0 Å². The van der Waals surface area contributed by atoms with Crippen LogP contribution in [-0.2, 0) is 0 Å². The van der Waals surface area contributed by atoms with E-state index in [1.54, 1.807) is 0 Å². The SMILES string of the molecule is CC.CC.CC.CC.CC.CC.CC.CC.Cc1cc(C)cc(-c2ccccc2)c1.Cc1ccc(-c2ccccc2)c(C)c1.Cc1ccc(-c2ccccc2)cc1C.Cc1ccc(-c2ccccc2)cc1C. The second kappa shape index (κ2) is 48.4. The molecule has 0 heterocycles. The summed E-state index contributed by atoms with van der Waals surface area (Å²) >= 11 is 0. The zero-order valence-corrected chi connectivity index (χ0v) is 50.5. The van der Waals surface area contributed by atoms with Crippen LogP contribution in [-0.4, -0.2) is 0 Å². The van der Waals surface area contributed by atoms with Gasteiger partial charge in [0.15, 0.2) is 0 Å². The van der Waals surface area contributed by atoms with E-state index in [-0.39, 0.29) is 0 Å². The van der Waals surface area contributed by atoms with Gasteiger partial charge < -0.3 is 0 Å². The molecule has 0 unspecified atom stereocenters. The van der Waals surface area contributed by atoms with Crippen molar-refractivity contribution in [3.05, 3.63) is 239 Å². The van der Waals surface area contributed by atoms with E-state index in [2.05, 4.69) is 225 Å². The zero-order valence-electron chi connectivity index (χ0n) is 50.5. The van der Waals surface area contributed by atoms with Gasteiger partial charge in [-0.2, -0.15) is 0 Å². The molecule has 0 saturated carbocycles. The summed E-state index contributed by atoms with van der Waals surface area (Å²) in [6.07, 6.45) is 0. The lowest BCUT2D eigenvalue weighted by molar-refractivity contribution is 1.34. The standard InChI is InChI=1S/4C14H14.8C2H6/c1-11-8-12(2)10-14(9-11)13-6-4-3-5-7-13;2*1-11-8-9-14(10-12(11)2)13-6-4-3-5-7-13;1-11-8-9-14(12(2)10-11)13-6-4-3-5-7-13;8*1-2/h4*3-10H,1-2H3;8*1-2H3. The van der Waals surface area contributed by atoms with Crippen LogP contribution in [0.15, 0.2) is 194 Å². The van der Waals surface area contributed by atoms with Crippen molar-refractivity contribution < 1.29 is 0 Å². The highest BCUT2D eigenvalue weighted by molar-refractivity contribution is 5.68. The molecule has 0 aliphatic carbocycles. The molecule has 0 bridgehead atoms. The summed E-state index contributed by atoms with van der Waals surface area (Å²) in [5, 5.41) is 0. The van der Waals surface area contributed by atoms with Crippen LogP contribution in [0.2, 0.25) is 0 Å². The molecule has 392 valence electrons. The van der Waals surface area contributed by atoms with Gasteiger partial charge in [0.1, 0.15) is 0 Å². The summed E-state index contributed by atoms with van der Waals surface area (Å²) in [4.78, 5) is 0. The van der Waals surface area contributed by atoms with Crippen LogP contribution in [0, 0.1) is 55.4 Å². The predicted molar refractivity (Wildman–Crippen MR) is 336 cm³/mol. The predicted octanol–water partition coefficient (Wildman–Crippen LogP) is 24.1. The minimum absolute atomic E-state index is 1.29. The molecule has 0 fully saturated rings. The van der Waals surface area contributed by atoms with Crippen LogP contribution >= 0.6 is 0 Å². The van der Waals surface area contributed by atoms with Crippen LogP contribution in [0.3, 0.4) is 0 Å². The van der Waals surface area contributed by atoms with Gasteiger partial charge in [0, 0.05) is 0 Å². The maximum atomic E-state index is 2.24. The number of aryl methyl sites for hydroxylation is 8. The largest absolute Gasteiger partial charge is 0.0683 e. The Kier molecular flexibility index (Phi) is 48.6. The molecule has 0 aliphatic heterocycles. The highest BCUT2D eigenvalue weighted by Crippen LogP contribution is 2.25. The van der Waals surface area contributed by atoms with E-state index in [0.29, 0.717) is 0 Å². The van der Waals surface area contributed by atoms with Crippen LogP contribution in [0.25, 0.3) is 44.5 Å². The lowest BCUT2D eigenvalue weighted by atomic mass is 9.99. The average molecular weight is 970 g/mol. The van der Waals surface area contributed by atoms with Crippen molar-refractivity contribution in [1.82, 2.24) is 0 Å². The average Bonchev–Trinajstić information content (AvgIpc) is 3.46. The topological polar surface area (TPSA) is 0 Å². The zero-order chi connectivity index (χ0) is 55.9. The van der Waals surface area contributed by atoms with Gasteiger partial charge >= 0.3 is 0 Å². The van der Waals surface area contributed by atoms with Gasteiger partial charge in [-0.15, -0.1) is 0 Å². The van der Waals surface area contributed by atoms with E-state index in [9.17, 15) is 0 Å². The van der Waals surface area contributed by atoms with E-state index < -0.39 is 0 Å². The summed E-state index contributed by atoms with van der Waals surface area (Å²) < 4.78 is 0. The van der Waals surface area contributed by atoms with E-state index >= 15 is 0 Å². The summed E-state index contributed by atoms with van der Waals surface area (Å²) in [5.74, 6) is 0. The van der Waals surface area contributed by atoms with Crippen molar-refractivity contribution in [3.63, 3.8) is 0 Å². The molecule has 0 nitrogen and oxygen atoms in total. The molecule has 8 aromatic rings. The Morgan fingerprint density at radius 3 is 0.750 bits per heavy atom. The molecule has 8 rings (SSSR count). The molecule has 0 radical (unpaired) electrons. The molecule has 0 saturated heterocycles. The Morgan fingerprint density at radius 1 is 0.167 bits per heavy atom. The van der Waals surface area contributed by atoms with Crippen molar-refractivity contribution in [2.75, 3.05) is 0 Å². The lowest BCUT2D eigenvalue weighted by Crippen LogP contribution is -1.83. The van der Waals surface area contributed by atoms with Gasteiger partial charge in [0.2, 0.25) is 0 Å². The van der Waals surface area contributed by atoms with Gasteiger partial charge in [-0.3, -0.25) is 0 Å². The Balaban J connectivity index is -0.000000391. The Labute approximate surface area is 447 Å². The fourth-order valence-corrected chi connectivity index (χ4v) is 6.63. The van der Waals surface area contributed by atoms with Crippen molar-refractivity contribution in [2.24, 2.45) is 0 Å². The monoisotopic (exact) mass is 969 g/mol. The van der Waals surface area contributed by atoms with Crippen LogP contribution in [0.5, 0.6) is 0 Å². The molecular weight excluding hydrogens is 865 g/mol. The first-order valence-corrected chi connectivity index (χ1v) is 27.6. The number of hydrogen-bond donors (Lipinski definition) is 0. The van der Waals surface area contributed by atoms with Crippen molar-refractivity contribution >= 4 is 0 Å². The normalized spacial score (nSPS) is 8.56. The summed E-state index contributed by atoms with van der Waals surface area (Å²) in [7, 11) is 0. The highest BCUT2D eigenvalue weighted by atomic mass is 14.1. The fourth-order valence-electron chi connectivity index (χ4n) is 6.63. The van der Waals surface area contributed by atoms with E-state index in [1.807, 2.05) is 135 Å². The first-order chi connectivity index (χ1) is 35.1. The summed E-state index contributed by atoms with van der Waals surface area (Å²) in [6.45, 7) is 49.2. The number of benzene rings is 8. The van der Waals surface area contributed by atoms with Crippen LogP contribution in [0.4, 0.5) is 0 Å². The molecule has 0 aliphatic rings. The minimum atomic E-state index is 1.29. The molecule has 0 atom stereocenters. The summed E-state index contributed by atoms with van der Waals surface area (Å²) in [5.41, 5.74) is 21.1. The maximum Gasteiger partial charge on any atom is -0.0155 e.